The van der Waals surface area contributed by atoms with E-state index in [2.05, 4.69) is 51.4 Å². The largest absolute Gasteiger partial charge is 0.444 e. The Morgan fingerprint density at radius 3 is 2.25 bits per heavy atom. The average Bonchev–Trinajstić information content (AvgIpc) is 3.05. The van der Waals surface area contributed by atoms with Gasteiger partial charge < -0.3 is 29.7 Å². The highest BCUT2D eigenvalue weighted by Crippen LogP contribution is 2.39. The van der Waals surface area contributed by atoms with Gasteiger partial charge in [0.25, 0.3) is 0 Å². The predicted octanol–water partition coefficient (Wildman–Crippen LogP) is 7.51. The SMILES string of the molecule is CCc1cc(N2CCC(N3CCN(C(=O)OC(C)(C)C)CC3)CC2)c(CC)cc1Nc1ncc(Cl)c(Nc2ccccc2P(C)(C)=O)n1. The van der Waals surface area contributed by atoms with E-state index in [1.54, 1.807) is 19.5 Å². The van der Waals surface area contributed by atoms with E-state index in [9.17, 15) is 9.36 Å². The zero-order chi connectivity index (χ0) is 34.6. The average molecular weight is 696 g/mol. The minimum absolute atomic E-state index is 0.208. The lowest BCUT2D eigenvalue weighted by atomic mass is 9.97. The number of hydrogen-bond donors (Lipinski definition) is 2. The fourth-order valence-corrected chi connectivity index (χ4v) is 7.84. The van der Waals surface area contributed by atoms with E-state index >= 15 is 0 Å². The number of benzene rings is 2. The van der Waals surface area contributed by atoms with Gasteiger partial charge in [-0.05, 0) is 95.2 Å². The van der Waals surface area contributed by atoms with Gasteiger partial charge in [0.15, 0.2) is 5.82 Å². The predicted molar refractivity (Wildman–Crippen MR) is 199 cm³/mol. The number of nitrogens with zero attached hydrogens (tertiary/aromatic N) is 5. The number of para-hydroxylation sites is 1. The molecule has 3 heterocycles. The second kappa shape index (κ2) is 15.1. The molecule has 2 saturated heterocycles. The maximum Gasteiger partial charge on any atom is 0.410 e. The van der Waals surface area contributed by atoms with Crippen LogP contribution in [0.1, 0.15) is 58.6 Å². The molecule has 0 saturated carbocycles. The summed E-state index contributed by atoms with van der Waals surface area (Å²) in [5, 5.41) is 7.88. The minimum Gasteiger partial charge on any atom is -0.444 e. The van der Waals surface area contributed by atoms with Crippen molar-refractivity contribution in [2.24, 2.45) is 0 Å². The maximum atomic E-state index is 12.9. The second-order valence-electron chi connectivity index (χ2n) is 14.1. The first kappa shape index (κ1) is 36.0. The minimum atomic E-state index is -2.52. The topological polar surface area (TPSA) is 103 Å². The third kappa shape index (κ3) is 8.82. The summed E-state index contributed by atoms with van der Waals surface area (Å²) in [6, 6.07) is 12.6. The van der Waals surface area contributed by atoms with Gasteiger partial charge in [0, 0.05) is 62.0 Å². The molecule has 2 aliphatic heterocycles. The normalized spacial score (nSPS) is 16.6. The number of carbonyl (C=O) groups excluding carboxylic acids is 1. The first-order valence-corrected chi connectivity index (χ1v) is 20.1. The van der Waals surface area contributed by atoms with E-state index < -0.39 is 12.7 Å². The number of piperidine rings is 1. The molecular weight excluding hydrogens is 645 g/mol. The number of anilines is 5. The molecule has 0 atom stereocenters. The summed E-state index contributed by atoms with van der Waals surface area (Å²) in [5.74, 6) is 0.891. The van der Waals surface area contributed by atoms with E-state index in [1.807, 2.05) is 49.9 Å². The van der Waals surface area contributed by atoms with E-state index in [1.165, 1.54) is 16.8 Å². The lowest BCUT2D eigenvalue weighted by molar-refractivity contribution is 0.00901. The van der Waals surface area contributed by atoms with E-state index in [4.69, 9.17) is 21.3 Å². The van der Waals surface area contributed by atoms with Crippen LogP contribution in [-0.4, -0.2) is 90.1 Å². The molecule has 0 aliphatic carbocycles. The van der Waals surface area contributed by atoms with Crippen molar-refractivity contribution in [2.45, 2.75) is 71.9 Å². The highest BCUT2D eigenvalue weighted by molar-refractivity contribution is 7.70. The Morgan fingerprint density at radius 1 is 0.958 bits per heavy atom. The van der Waals surface area contributed by atoms with Crippen LogP contribution in [0, 0.1) is 0 Å². The van der Waals surface area contributed by atoms with Crippen LogP contribution in [0.15, 0.2) is 42.6 Å². The van der Waals surface area contributed by atoms with Crippen LogP contribution in [0.2, 0.25) is 5.02 Å². The molecule has 5 rings (SSSR count). The Morgan fingerprint density at radius 2 is 1.62 bits per heavy atom. The van der Waals surface area contributed by atoms with Crippen LogP contribution >= 0.6 is 18.7 Å². The summed E-state index contributed by atoms with van der Waals surface area (Å²) < 4.78 is 18.5. The molecule has 12 heteroatoms. The molecule has 0 radical (unpaired) electrons. The van der Waals surface area contributed by atoms with Crippen molar-refractivity contribution in [1.82, 2.24) is 19.8 Å². The highest BCUT2D eigenvalue weighted by Gasteiger charge is 2.31. The Balaban J connectivity index is 1.25. The number of ether oxygens (including phenoxy) is 1. The molecule has 10 nitrogen and oxygen atoms in total. The monoisotopic (exact) mass is 695 g/mol. The number of nitrogens with one attached hydrogen (secondary N) is 2. The fraction of sp³-hybridized carbons (Fsp3) is 0.528. The third-order valence-corrected chi connectivity index (χ3v) is 10.9. The number of aryl methyl sites for hydroxylation is 2. The summed E-state index contributed by atoms with van der Waals surface area (Å²) in [6.07, 6.45) is 5.33. The summed E-state index contributed by atoms with van der Waals surface area (Å²) in [4.78, 5) is 28.6. The van der Waals surface area contributed by atoms with E-state index in [0.717, 1.165) is 68.5 Å². The third-order valence-electron chi connectivity index (χ3n) is 9.08. The van der Waals surface area contributed by atoms with Crippen molar-refractivity contribution < 1.29 is 14.1 Å². The van der Waals surface area contributed by atoms with Gasteiger partial charge in [-0.15, -0.1) is 0 Å². The van der Waals surface area contributed by atoms with Gasteiger partial charge in [-0.25, -0.2) is 9.78 Å². The Hall–Kier alpha value is -3.33. The van der Waals surface area contributed by atoms with Gasteiger partial charge in [0.05, 0.1) is 11.9 Å². The molecule has 3 aromatic rings. The Kier molecular flexibility index (Phi) is 11.3. The molecule has 0 spiro atoms. The molecule has 2 aliphatic rings. The number of rotatable bonds is 9. The molecule has 2 N–H and O–H groups in total. The van der Waals surface area contributed by atoms with Gasteiger partial charge in [0.1, 0.15) is 17.8 Å². The van der Waals surface area contributed by atoms with Crippen LogP contribution in [0.25, 0.3) is 0 Å². The van der Waals surface area contributed by atoms with Crippen LogP contribution in [-0.2, 0) is 22.1 Å². The second-order valence-corrected chi connectivity index (χ2v) is 17.7. The lowest BCUT2D eigenvalue weighted by Gasteiger charge is -2.43. The molecule has 1 amide bonds. The fourth-order valence-electron chi connectivity index (χ4n) is 6.54. The number of hydrogen-bond acceptors (Lipinski definition) is 9. The smallest absolute Gasteiger partial charge is 0.410 e. The van der Waals surface area contributed by atoms with Crippen molar-refractivity contribution in [1.29, 1.82) is 0 Å². The molecule has 1 aromatic heterocycles. The lowest BCUT2D eigenvalue weighted by Crippen LogP contribution is -2.55. The van der Waals surface area contributed by atoms with E-state index in [0.29, 0.717) is 35.9 Å². The zero-order valence-electron chi connectivity index (χ0n) is 29.5. The summed E-state index contributed by atoms with van der Waals surface area (Å²) in [5.41, 5.74) is 5.00. The zero-order valence-corrected chi connectivity index (χ0v) is 31.1. The summed E-state index contributed by atoms with van der Waals surface area (Å²) >= 11 is 6.51. The van der Waals surface area contributed by atoms with Gasteiger partial charge >= 0.3 is 6.09 Å². The van der Waals surface area contributed by atoms with Gasteiger partial charge in [-0.2, -0.15) is 4.98 Å². The van der Waals surface area contributed by atoms with Crippen LogP contribution in [0.4, 0.5) is 33.6 Å². The molecular formula is C36H51ClN7O3P. The standard InChI is InChI=1S/C36H51ClN7O3P/c1-8-25-23-31(43-16-14-27(15-17-43)42-18-20-44(21-19-42)35(45)47-36(3,4)5)26(9-2)22-30(25)40-34-38-24-28(37)33(41-34)39-29-12-10-11-13-32(29)48(6,7)46/h10-13,22-24,27H,8-9,14-21H2,1-7H3,(H2,38,39,40,41). The molecule has 2 fully saturated rings. The number of halogens is 1. The first-order chi connectivity index (χ1) is 22.8. The molecule has 2 aromatic carbocycles. The number of piperazine rings is 1. The molecule has 48 heavy (non-hydrogen) atoms. The van der Waals surface area contributed by atoms with Crippen LogP contribution in [0.3, 0.4) is 0 Å². The van der Waals surface area contributed by atoms with Gasteiger partial charge in [-0.1, -0.05) is 37.6 Å². The van der Waals surface area contributed by atoms with Crippen molar-refractivity contribution in [2.75, 3.05) is 68.1 Å². The quantitative estimate of drug-likeness (QED) is 0.220. The number of amides is 1. The molecule has 0 bridgehead atoms. The highest BCUT2D eigenvalue weighted by atomic mass is 35.5. The summed E-state index contributed by atoms with van der Waals surface area (Å²) in [7, 11) is -2.52. The van der Waals surface area contributed by atoms with Crippen molar-refractivity contribution in [3.05, 3.63) is 58.7 Å². The van der Waals surface area contributed by atoms with Crippen molar-refractivity contribution in [3.8, 4) is 0 Å². The Labute approximate surface area is 291 Å². The van der Waals surface area contributed by atoms with Crippen molar-refractivity contribution >= 4 is 59.0 Å². The molecule has 0 unspecified atom stereocenters. The van der Waals surface area contributed by atoms with E-state index in [-0.39, 0.29) is 6.09 Å². The maximum absolute atomic E-state index is 12.9. The molecule has 260 valence electrons. The van der Waals surface area contributed by atoms with Crippen LogP contribution in [0.5, 0.6) is 0 Å². The van der Waals surface area contributed by atoms with Crippen molar-refractivity contribution in [3.63, 3.8) is 0 Å². The Bertz CT molecular complexity index is 1640. The number of carbonyl (C=O) groups is 1. The first-order valence-electron chi connectivity index (χ1n) is 17.1. The summed E-state index contributed by atoms with van der Waals surface area (Å²) in [6.45, 7) is 18.8. The number of aromatic nitrogens is 2. The van der Waals surface area contributed by atoms with Crippen LogP contribution < -0.4 is 20.8 Å². The van der Waals surface area contributed by atoms with Gasteiger partial charge in [0.2, 0.25) is 5.95 Å². The van der Waals surface area contributed by atoms with Gasteiger partial charge in [-0.3, -0.25) is 4.90 Å².